The molecule has 0 N–H and O–H groups in total. The summed E-state index contributed by atoms with van der Waals surface area (Å²) < 4.78 is 13.0. The maximum Gasteiger partial charge on any atom is 0.167 e. The molecule has 1 aliphatic carbocycles. The third kappa shape index (κ3) is 4.47. The number of benzene rings is 7. The first kappa shape index (κ1) is 29.8. The van der Waals surface area contributed by atoms with Crippen LogP contribution in [-0.4, -0.2) is 15.0 Å². The van der Waals surface area contributed by atoms with Gasteiger partial charge in [-0.05, 0) is 69.8 Å². The third-order valence-electron chi connectivity index (χ3n) is 11.0. The normalized spacial score (nSPS) is 13.2. The molecule has 1 aliphatic rings. The number of hydrogen-bond donors (Lipinski definition) is 0. The van der Waals surface area contributed by atoms with E-state index >= 15 is 0 Å². The molecule has 53 heavy (non-hydrogen) atoms. The van der Waals surface area contributed by atoms with E-state index in [1.807, 2.05) is 48.5 Å². The Morgan fingerprint density at radius 1 is 0.396 bits per heavy atom. The van der Waals surface area contributed by atoms with Crippen molar-refractivity contribution in [2.75, 3.05) is 0 Å². The first-order valence-electron chi connectivity index (χ1n) is 17.9. The molecule has 5 nitrogen and oxygen atoms in total. The molecule has 0 saturated carbocycles. The van der Waals surface area contributed by atoms with Crippen LogP contribution >= 0.6 is 0 Å². The van der Waals surface area contributed by atoms with E-state index in [1.165, 1.54) is 22.3 Å². The molecule has 0 radical (unpaired) electrons. The minimum absolute atomic E-state index is 0.161. The number of para-hydroxylation sites is 2. The van der Waals surface area contributed by atoms with E-state index in [-0.39, 0.29) is 5.41 Å². The molecule has 0 saturated heterocycles. The van der Waals surface area contributed by atoms with Gasteiger partial charge in [-0.25, -0.2) is 15.0 Å². The number of furan rings is 2. The molecule has 3 heterocycles. The van der Waals surface area contributed by atoms with Gasteiger partial charge in [0.25, 0.3) is 0 Å². The maximum absolute atomic E-state index is 6.52. The molecule has 0 spiro atoms. The molecule has 0 fully saturated rings. The highest BCUT2D eigenvalue weighted by Gasteiger charge is 2.35. The molecular formula is C48H31N3O2. The van der Waals surface area contributed by atoms with E-state index in [0.717, 1.165) is 71.7 Å². The Bertz CT molecular complexity index is 3100. The summed E-state index contributed by atoms with van der Waals surface area (Å²) >= 11 is 0. The van der Waals surface area contributed by atoms with Gasteiger partial charge in [0.2, 0.25) is 0 Å². The quantitative estimate of drug-likeness (QED) is 0.185. The van der Waals surface area contributed by atoms with Crippen molar-refractivity contribution < 1.29 is 8.83 Å². The zero-order valence-corrected chi connectivity index (χ0v) is 29.1. The summed E-state index contributed by atoms with van der Waals surface area (Å²) in [7, 11) is 0. The second-order valence-electron chi connectivity index (χ2n) is 14.4. The lowest BCUT2D eigenvalue weighted by atomic mass is 9.82. The predicted molar refractivity (Wildman–Crippen MR) is 214 cm³/mol. The molecule has 250 valence electrons. The molecule has 10 aromatic rings. The van der Waals surface area contributed by atoms with Crippen molar-refractivity contribution in [1.82, 2.24) is 15.0 Å². The van der Waals surface area contributed by atoms with Gasteiger partial charge in [0.05, 0.1) is 5.56 Å². The van der Waals surface area contributed by atoms with Gasteiger partial charge in [0.1, 0.15) is 22.3 Å². The van der Waals surface area contributed by atoms with Gasteiger partial charge in [-0.2, -0.15) is 0 Å². The Labute approximate surface area is 305 Å². The second-order valence-corrected chi connectivity index (χ2v) is 14.4. The van der Waals surface area contributed by atoms with Crippen molar-refractivity contribution in [3.8, 4) is 56.4 Å². The molecule has 0 amide bonds. The van der Waals surface area contributed by atoms with Crippen LogP contribution in [0.5, 0.6) is 0 Å². The van der Waals surface area contributed by atoms with Gasteiger partial charge in [-0.1, -0.05) is 129 Å². The zero-order valence-electron chi connectivity index (χ0n) is 29.1. The molecule has 7 aromatic carbocycles. The highest BCUT2D eigenvalue weighted by atomic mass is 16.3. The lowest BCUT2D eigenvalue weighted by Crippen LogP contribution is -2.15. The summed E-state index contributed by atoms with van der Waals surface area (Å²) in [6.45, 7) is 4.58. The lowest BCUT2D eigenvalue weighted by molar-refractivity contribution is 0.660. The van der Waals surface area contributed by atoms with Crippen molar-refractivity contribution in [3.63, 3.8) is 0 Å². The van der Waals surface area contributed by atoms with Crippen LogP contribution in [0.4, 0.5) is 0 Å². The molecule has 5 heteroatoms. The van der Waals surface area contributed by atoms with Crippen LogP contribution in [0.3, 0.4) is 0 Å². The van der Waals surface area contributed by atoms with E-state index in [0.29, 0.717) is 17.5 Å². The van der Waals surface area contributed by atoms with Crippen molar-refractivity contribution in [1.29, 1.82) is 0 Å². The molecule has 11 rings (SSSR count). The Hall–Kier alpha value is -6.85. The van der Waals surface area contributed by atoms with Gasteiger partial charge in [0.15, 0.2) is 17.5 Å². The van der Waals surface area contributed by atoms with Crippen LogP contribution in [0.15, 0.2) is 160 Å². The van der Waals surface area contributed by atoms with Crippen molar-refractivity contribution >= 4 is 43.9 Å². The fraction of sp³-hybridized carbons (Fsp3) is 0.0625. The Balaban J connectivity index is 1.12. The molecular weight excluding hydrogens is 651 g/mol. The largest absolute Gasteiger partial charge is 0.456 e. The number of nitrogens with zero attached hydrogens (tertiary/aromatic N) is 3. The summed E-state index contributed by atoms with van der Waals surface area (Å²) in [5, 5.41) is 4.22. The van der Waals surface area contributed by atoms with Gasteiger partial charge in [0, 0.05) is 38.1 Å². The second kappa shape index (κ2) is 11.1. The SMILES string of the molecule is CC1(C)c2ccccc2-c2ccc(-c3nc(-c4ccc5c(c4)oc4cccc(-c6ccccc6)c45)nc(-c4cccc5c4oc4ccccc45)n3)cc21. The number of aromatic nitrogens is 3. The summed E-state index contributed by atoms with van der Waals surface area (Å²) in [6.07, 6.45) is 0. The van der Waals surface area contributed by atoms with Gasteiger partial charge < -0.3 is 8.83 Å². The summed E-state index contributed by atoms with van der Waals surface area (Å²) in [6, 6.07) is 52.5. The van der Waals surface area contributed by atoms with Crippen LogP contribution in [0, 0.1) is 0 Å². The van der Waals surface area contributed by atoms with E-state index < -0.39 is 0 Å². The number of hydrogen-bond acceptors (Lipinski definition) is 5. The number of rotatable bonds is 4. The van der Waals surface area contributed by atoms with Gasteiger partial charge in [-0.3, -0.25) is 0 Å². The van der Waals surface area contributed by atoms with Gasteiger partial charge >= 0.3 is 0 Å². The van der Waals surface area contributed by atoms with E-state index in [9.17, 15) is 0 Å². The summed E-state index contributed by atoms with van der Waals surface area (Å²) in [4.78, 5) is 15.5. The fourth-order valence-corrected chi connectivity index (χ4v) is 8.34. The standard InChI is InChI=1S/C48H31N3O2/c1-48(2)38-19-8-6-14-32(38)33-24-22-29(26-39(33)48)45-49-46(51-47(50-45)37-18-10-17-35-34-15-7-9-20-40(34)53-44(35)37)30-23-25-36-42(27-30)52-41-21-11-16-31(43(36)41)28-12-4-3-5-13-28/h3-27H,1-2H3. The van der Waals surface area contributed by atoms with E-state index in [4.69, 9.17) is 23.8 Å². The average Bonchev–Trinajstić information content (AvgIpc) is 3.85. The monoisotopic (exact) mass is 681 g/mol. The maximum atomic E-state index is 6.52. The summed E-state index contributed by atoms with van der Waals surface area (Å²) in [5.74, 6) is 1.71. The molecule has 0 unspecified atom stereocenters. The van der Waals surface area contributed by atoms with Crippen LogP contribution < -0.4 is 0 Å². The fourth-order valence-electron chi connectivity index (χ4n) is 8.34. The highest BCUT2D eigenvalue weighted by Crippen LogP contribution is 2.49. The predicted octanol–water partition coefficient (Wildman–Crippen LogP) is 12.6. The van der Waals surface area contributed by atoms with Crippen molar-refractivity contribution in [3.05, 3.63) is 163 Å². The van der Waals surface area contributed by atoms with Crippen LogP contribution in [0.1, 0.15) is 25.0 Å². The van der Waals surface area contributed by atoms with E-state index in [2.05, 4.69) is 117 Å². The molecule has 0 bridgehead atoms. The molecule has 3 aromatic heterocycles. The van der Waals surface area contributed by atoms with E-state index in [1.54, 1.807) is 0 Å². The number of fused-ring (bicyclic) bond motifs is 9. The Morgan fingerprint density at radius 3 is 1.92 bits per heavy atom. The van der Waals surface area contributed by atoms with Crippen LogP contribution in [0.2, 0.25) is 0 Å². The van der Waals surface area contributed by atoms with Crippen LogP contribution in [0.25, 0.3) is 100 Å². The van der Waals surface area contributed by atoms with Crippen LogP contribution in [-0.2, 0) is 5.41 Å². The third-order valence-corrected chi connectivity index (χ3v) is 11.0. The molecule has 0 atom stereocenters. The van der Waals surface area contributed by atoms with Gasteiger partial charge in [-0.15, -0.1) is 0 Å². The Kier molecular flexibility index (Phi) is 6.23. The molecule has 0 aliphatic heterocycles. The smallest absolute Gasteiger partial charge is 0.167 e. The first-order chi connectivity index (χ1) is 26.0. The minimum Gasteiger partial charge on any atom is -0.456 e. The minimum atomic E-state index is -0.161. The van der Waals surface area contributed by atoms with Crippen molar-refractivity contribution in [2.45, 2.75) is 19.3 Å². The highest BCUT2D eigenvalue weighted by molar-refractivity contribution is 6.13. The van der Waals surface area contributed by atoms with Crippen molar-refractivity contribution in [2.24, 2.45) is 0 Å². The lowest BCUT2D eigenvalue weighted by Gasteiger charge is -2.21. The Morgan fingerprint density at radius 2 is 1.04 bits per heavy atom. The zero-order chi connectivity index (χ0) is 35.3. The average molecular weight is 682 g/mol. The first-order valence-corrected chi connectivity index (χ1v) is 17.9. The summed E-state index contributed by atoms with van der Waals surface area (Å²) in [5.41, 5.74) is 13.0. The topological polar surface area (TPSA) is 65.0 Å².